The lowest BCUT2D eigenvalue weighted by Crippen LogP contribution is -2.20. The molecule has 10 heteroatoms. The molecule has 0 aliphatic heterocycles. The van der Waals surface area contributed by atoms with E-state index < -0.39 is 46.1 Å². The first-order valence-electron chi connectivity index (χ1n) is 7.62. The number of hydrogen-bond acceptors (Lipinski definition) is 4. The maximum Gasteiger partial charge on any atom is 0.341 e. The number of benzene rings is 2. The molecule has 3 aromatic rings. The Morgan fingerprint density at radius 1 is 0.964 bits per heavy atom. The number of carboxylic acids is 1. The molecular weight excluding hydrogens is 397 g/mol. The molecule has 0 saturated carbocycles. The van der Waals surface area contributed by atoms with E-state index in [4.69, 9.17) is 5.11 Å². The lowest BCUT2D eigenvalue weighted by molar-refractivity contribution is 0.0686. The van der Waals surface area contributed by atoms with Crippen LogP contribution in [0.1, 0.15) is 10.4 Å². The van der Waals surface area contributed by atoms with Crippen LogP contribution < -0.4 is 4.31 Å². The lowest BCUT2D eigenvalue weighted by Gasteiger charge is -2.27. The third kappa shape index (κ3) is 3.87. The van der Waals surface area contributed by atoms with Gasteiger partial charge >= 0.3 is 5.97 Å². The van der Waals surface area contributed by atoms with Gasteiger partial charge in [0.25, 0.3) is 0 Å². The molecule has 0 saturated heterocycles. The summed E-state index contributed by atoms with van der Waals surface area (Å²) in [5.74, 6) is -5.33. The second kappa shape index (κ2) is 7.79. The largest absolute Gasteiger partial charge is 0.755 e. The molecule has 0 bridgehead atoms. The summed E-state index contributed by atoms with van der Waals surface area (Å²) in [6.07, 6.45) is 1.27. The van der Waals surface area contributed by atoms with Gasteiger partial charge in [0.05, 0.1) is 22.6 Å². The number of carboxylic acid groups (broad SMARTS) is 1. The van der Waals surface area contributed by atoms with Crippen molar-refractivity contribution in [3.05, 3.63) is 77.9 Å². The molecule has 28 heavy (non-hydrogen) atoms. The Kier molecular flexibility index (Phi) is 5.43. The molecule has 1 aromatic heterocycles. The van der Waals surface area contributed by atoms with E-state index in [1.807, 2.05) is 0 Å². The number of pyridine rings is 1. The molecule has 0 fully saturated rings. The van der Waals surface area contributed by atoms with Crippen LogP contribution in [0, 0.1) is 17.6 Å². The van der Waals surface area contributed by atoms with Crippen LogP contribution in [0.25, 0.3) is 11.1 Å². The maximum absolute atomic E-state index is 13.9. The minimum absolute atomic E-state index is 0.0356. The molecular formula is C18H10F3N2O4S-. The zero-order chi connectivity index (χ0) is 20.4. The van der Waals surface area contributed by atoms with Crippen molar-refractivity contribution in [2.24, 2.45) is 0 Å². The van der Waals surface area contributed by atoms with Gasteiger partial charge in [0, 0.05) is 12.3 Å². The molecule has 1 unspecified atom stereocenters. The van der Waals surface area contributed by atoms with Gasteiger partial charge in [0.2, 0.25) is 5.95 Å². The van der Waals surface area contributed by atoms with E-state index in [0.717, 1.165) is 0 Å². The summed E-state index contributed by atoms with van der Waals surface area (Å²) in [5, 5.41) is 8.81. The minimum atomic E-state index is -2.96. The number of anilines is 2. The molecule has 1 atom stereocenters. The Hall–Kier alpha value is -3.24. The van der Waals surface area contributed by atoms with Crippen molar-refractivity contribution >= 4 is 28.6 Å². The molecule has 0 spiro atoms. The fourth-order valence-electron chi connectivity index (χ4n) is 2.57. The van der Waals surface area contributed by atoms with Gasteiger partial charge in [-0.2, -0.15) is 4.39 Å². The highest BCUT2D eigenvalue weighted by molar-refractivity contribution is 7.81. The average Bonchev–Trinajstić information content (AvgIpc) is 2.61. The van der Waals surface area contributed by atoms with Gasteiger partial charge in [-0.1, -0.05) is 12.1 Å². The Balaban J connectivity index is 2.02. The molecule has 2 aromatic carbocycles. The van der Waals surface area contributed by atoms with E-state index in [9.17, 15) is 26.7 Å². The van der Waals surface area contributed by atoms with E-state index in [0.29, 0.717) is 27.6 Å². The van der Waals surface area contributed by atoms with Gasteiger partial charge in [-0.25, -0.2) is 18.6 Å². The number of halogens is 3. The smallest absolute Gasteiger partial charge is 0.341 e. The average molecular weight is 407 g/mol. The highest BCUT2D eigenvalue weighted by atomic mass is 32.2. The van der Waals surface area contributed by atoms with Crippen LogP contribution in [0.15, 0.2) is 54.7 Å². The van der Waals surface area contributed by atoms with Crippen LogP contribution in [0.3, 0.4) is 0 Å². The first-order chi connectivity index (χ1) is 13.3. The predicted molar refractivity (Wildman–Crippen MR) is 94.0 cm³/mol. The topological polar surface area (TPSA) is 93.6 Å². The Labute approximate surface area is 159 Å². The number of nitrogens with zero attached hydrogens (tertiary/aromatic N) is 2. The number of rotatable bonds is 5. The maximum atomic E-state index is 13.9. The van der Waals surface area contributed by atoms with E-state index in [2.05, 4.69) is 4.98 Å². The molecule has 0 amide bonds. The van der Waals surface area contributed by atoms with Gasteiger partial charge in [-0.05, 0) is 41.5 Å². The second-order valence-corrected chi connectivity index (χ2v) is 6.31. The van der Waals surface area contributed by atoms with E-state index in [-0.39, 0.29) is 5.69 Å². The standard InChI is InChI=1S/C18H11F3N2O4S/c19-14-8-13(9-15(20)17(14)18(24)25)23(28(26)27)12-3-1-10(2-4-12)11-5-6-22-16(21)7-11/h1-9H,(H,24,25)(H,26,27)/p-1. The van der Waals surface area contributed by atoms with Crippen molar-refractivity contribution in [2.45, 2.75) is 0 Å². The fourth-order valence-corrected chi connectivity index (χ4v) is 3.15. The third-order valence-corrected chi connectivity index (χ3v) is 4.51. The molecule has 144 valence electrons. The van der Waals surface area contributed by atoms with E-state index >= 15 is 0 Å². The summed E-state index contributed by atoms with van der Waals surface area (Å²) in [7, 11) is 0. The van der Waals surface area contributed by atoms with Crippen molar-refractivity contribution in [3.63, 3.8) is 0 Å². The zero-order valence-electron chi connectivity index (χ0n) is 13.8. The number of hydrogen-bond donors (Lipinski definition) is 1. The van der Waals surface area contributed by atoms with Crippen LogP contribution in [0.4, 0.5) is 24.5 Å². The minimum Gasteiger partial charge on any atom is -0.755 e. The molecule has 0 radical (unpaired) electrons. The number of carbonyl (C=O) groups is 1. The van der Waals surface area contributed by atoms with Crippen LogP contribution in [-0.2, 0) is 11.3 Å². The van der Waals surface area contributed by atoms with Crippen LogP contribution in [-0.4, -0.2) is 24.8 Å². The van der Waals surface area contributed by atoms with Crippen molar-refractivity contribution in [1.29, 1.82) is 0 Å². The molecule has 0 aliphatic carbocycles. The van der Waals surface area contributed by atoms with Crippen molar-refractivity contribution in [3.8, 4) is 11.1 Å². The molecule has 6 nitrogen and oxygen atoms in total. The fraction of sp³-hybridized carbons (Fsp3) is 0. The third-order valence-electron chi connectivity index (χ3n) is 3.79. The van der Waals surface area contributed by atoms with Gasteiger partial charge < -0.3 is 9.66 Å². The van der Waals surface area contributed by atoms with E-state index in [1.54, 1.807) is 6.07 Å². The summed E-state index contributed by atoms with van der Waals surface area (Å²) >= 11 is -2.96. The van der Waals surface area contributed by atoms with Gasteiger partial charge in [-0.15, -0.1) is 0 Å². The number of aromatic nitrogens is 1. The summed E-state index contributed by atoms with van der Waals surface area (Å²) in [6.45, 7) is 0. The monoisotopic (exact) mass is 407 g/mol. The molecule has 1 N–H and O–H groups in total. The highest BCUT2D eigenvalue weighted by Crippen LogP contribution is 2.31. The SMILES string of the molecule is O=C(O)c1c(F)cc(N(c2ccc(-c3ccnc(F)c3)cc2)S(=O)[O-])cc1F. The van der Waals surface area contributed by atoms with Gasteiger partial charge in [-0.3, -0.25) is 8.51 Å². The molecule has 1 heterocycles. The summed E-state index contributed by atoms with van der Waals surface area (Å²) in [5.41, 5.74) is -0.517. The summed E-state index contributed by atoms with van der Waals surface area (Å²) < 4.78 is 65.0. The van der Waals surface area contributed by atoms with Crippen molar-refractivity contribution in [1.82, 2.24) is 4.98 Å². The quantitative estimate of drug-likeness (QED) is 0.513. The van der Waals surface area contributed by atoms with Crippen molar-refractivity contribution in [2.75, 3.05) is 4.31 Å². The normalized spacial score (nSPS) is 11.9. The first-order valence-corrected chi connectivity index (χ1v) is 8.65. The van der Waals surface area contributed by atoms with Crippen molar-refractivity contribution < 1.29 is 31.8 Å². The Morgan fingerprint density at radius 2 is 1.57 bits per heavy atom. The lowest BCUT2D eigenvalue weighted by atomic mass is 10.1. The van der Waals surface area contributed by atoms with Crippen LogP contribution in [0.2, 0.25) is 0 Å². The van der Waals surface area contributed by atoms with Gasteiger partial charge in [0.15, 0.2) is 0 Å². The van der Waals surface area contributed by atoms with E-state index in [1.165, 1.54) is 36.5 Å². The Morgan fingerprint density at radius 3 is 2.07 bits per heavy atom. The van der Waals surface area contributed by atoms with Crippen LogP contribution in [0.5, 0.6) is 0 Å². The molecule has 3 rings (SSSR count). The number of aromatic carboxylic acids is 1. The Bertz CT molecular complexity index is 1050. The second-order valence-electron chi connectivity index (χ2n) is 5.52. The summed E-state index contributed by atoms with van der Waals surface area (Å²) in [4.78, 5) is 14.3. The van der Waals surface area contributed by atoms with Gasteiger partial charge in [0.1, 0.15) is 17.2 Å². The van der Waals surface area contributed by atoms with Crippen LogP contribution >= 0.6 is 0 Å². The predicted octanol–water partition coefficient (Wildman–Crippen LogP) is 3.80. The first kappa shape index (κ1) is 19.5. The highest BCUT2D eigenvalue weighted by Gasteiger charge is 2.21. The summed E-state index contributed by atoms with van der Waals surface area (Å²) in [6, 6.07) is 9.63. The zero-order valence-corrected chi connectivity index (χ0v) is 14.6. The molecule has 0 aliphatic rings.